The average molecular weight is 279 g/mol. The van der Waals surface area contributed by atoms with E-state index >= 15 is 0 Å². The van der Waals surface area contributed by atoms with Crippen molar-refractivity contribution >= 4 is 5.84 Å². The quantitative estimate of drug-likeness (QED) is 0.566. The number of nitrogens with zero attached hydrogens (tertiary/aromatic N) is 3. The van der Waals surface area contributed by atoms with E-state index in [0.29, 0.717) is 11.3 Å². The SMILES string of the molecule is N=C(N)c1ccccc1Oc1ncn(-c2ccccc2)n1. The van der Waals surface area contributed by atoms with E-state index in [0.717, 1.165) is 5.69 Å². The highest BCUT2D eigenvalue weighted by Gasteiger charge is 2.10. The van der Waals surface area contributed by atoms with Gasteiger partial charge in [-0.1, -0.05) is 30.3 Å². The highest BCUT2D eigenvalue weighted by Crippen LogP contribution is 2.22. The summed E-state index contributed by atoms with van der Waals surface area (Å²) in [5.74, 6) is 0.393. The van der Waals surface area contributed by atoms with E-state index in [1.54, 1.807) is 35.3 Å². The van der Waals surface area contributed by atoms with Gasteiger partial charge in [-0.25, -0.2) is 4.68 Å². The van der Waals surface area contributed by atoms with Gasteiger partial charge in [0.15, 0.2) is 0 Å². The van der Waals surface area contributed by atoms with E-state index in [-0.39, 0.29) is 11.8 Å². The molecule has 21 heavy (non-hydrogen) atoms. The van der Waals surface area contributed by atoms with Gasteiger partial charge in [0.1, 0.15) is 17.9 Å². The number of ether oxygens (including phenoxy) is 1. The predicted octanol–water partition coefficient (Wildman–Crippen LogP) is 2.34. The first-order valence-electron chi connectivity index (χ1n) is 6.32. The van der Waals surface area contributed by atoms with Gasteiger partial charge in [-0.15, -0.1) is 5.10 Å². The Bertz CT molecular complexity index is 766. The number of rotatable bonds is 4. The summed E-state index contributed by atoms with van der Waals surface area (Å²) in [4.78, 5) is 4.11. The molecule has 0 saturated carbocycles. The maximum absolute atomic E-state index is 7.53. The second-order valence-corrected chi connectivity index (χ2v) is 4.32. The molecule has 0 amide bonds. The molecule has 1 heterocycles. The highest BCUT2D eigenvalue weighted by atomic mass is 16.5. The van der Waals surface area contributed by atoms with E-state index in [1.165, 1.54) is 0 Å². The van der Waals surface area contributed by atoms with Crippen molar-refractivity contribution in [2.45, 2.75) is 0 Å². The molecule has 0 spiro atoms. The number of para-hydroxylation sites is 2. The maximum atomic E-state index is 7.53. The van der Waals surface area contributed by atoms with E-state index in [9.17, 15) is 0 Å². The summed E-state index contributed by atoms with van der Waals surface area (Å²) in [5.41, 5.74) is 6.92. The lowest BCUT2D eigenvalue weighted by Crippen LogP contribution is -2.12. The van der Waals surface area contributed by atoms with Crippen molar-refractivity contribution in [3.8, 4) is 17.4 Å². The van der Waals surface area contributed by atoms with E-state index < -0.39 is 0 Å². The predicted molar refractivity (Wildman–Crippen MR) is 78.9 cm³/mol. The van der Waals surface area contributed by atoms with Crippen LogP contribution in [0.4, 0.5) is 0 Å². The van der Waals surface area contributed by atoms with Crippen LogP contribution in [-0.2, 0) is 0 Å². The summed E-state index contributed by atoms with van der Waals surface area (Å²) in [6.07, 6.45) is 1.57. The zero-order chi connectivity index (χ0) is 14.7. The Labute approximate surface area is 121 Å². The number of nitrogens with two attached hydrogens (primary N) is 1. The summed E-state index contributed by atoms with van der Waals surface area (Å²) in [7, 11) is 0. The average Bonchev–Trinajstić information content (AvgIpc) is 2.97. The number of aromatic nitrogens is 3. The van der Waals surface area contributed by atoms with E-state index in [4.69, 9.17) is 15.9 Å². The molecular formula is C15H13N5O. The van der Waals surface area contributed by atoms with Gasteiger partial charge < -0.3 is 10.5 Å². The molecule has 104 valence electrons. The Kier molecular flexibility index (Phi) is 3.34. The molecule has 0 bridgehead atoms. The topological polar surface area (TPSA) is 89.8 Å². The van der Waals surface area contributed by atoms with Crippen LogP contribution < -0.4 is 10.5 Å². The van der Waals surface area contributed by atoms with Gasteiger partial charge in [0.2, 0.25) is 0 Å². The molecule has 0 aliphatic rings. The van der Waals surface area contributed by atoms with Gasteiger partial charge in [0.25, 0.3) is 0 Å². The number of hydrogen-bond acceptors (Lipinski definition) is 4. The number of amidine groups is 1. The third-order valence-electron chi connectivity index (χ3n) is 2.87. The molecule has 6 heteroatoms. The van der Waals surface area contributed by atoms with Gasteiger partial charge in [0, 0.05) is 0 Å². The third-order valence-corrected chi connectivity index (χ3v) is 2.87. The van der Waals surface area contributed by atoms with Crippen LogP contribution in [0.2, 0.25) is 0 Å². The van der Waals surface area contributed by atoms with Gasteiger partial charge in [-0.2, -0.15) is 4.98 Å². The van der Waals surface area contributed by atoms with Crippen molar-refractivity contribution in [3.63, 3.8) is 0 Å². The molecular weight excluding hydrogens is 266 g/mol. The van der Waals surface area contributed by atoms with Crippen LogP contribution in [0, 0.1) is 5.41 Å². The van der Waals surface area contributed by atoms with Crippen molar-refractivity contribution in [3.05, 3.63) is 66.5 Å². The fourth-order valence-corrected chi connectivity index (χ4v) is 1.88. The minimum absolute atomic E-state index is 0.0620. The van der Waals surface area contributed by atoms with Crippen molar-refractivity contribution in [2.75, 3.05) is 0 Å². The van der Waals surface area contributed by atoms with Crippen LogP contribution in [0.25, 0.3) is 5.69 Å². The Hall–Kier alpha value is -3.15. The molecule has 0 aliphatic heterocycles. The van der Waals surface area contributed by atoms with Crippen LogP contribution in [-0.4, -0.2) is 20.6 Å². The summed E-state index contributed by atoms with van der Waals surface area (Å²) >= 11 is 0. The molecule has 0 unspecified atom stereocenters. The Morgan fingerprint density at radius 3 is 2.52 bits per heavy atom. The van der Waals surface area contributed by atoms with Crippen molar-refractivity contribution < 1.29 is 4.74 Å². The summed E-state index contributed by atoms with van der Waals surface area (Å²) in [5, 5.41) is 11.8. The fraction of sp³-hybridized carbons (Fsp3) is 0. The summed E-state index contributed by atoms with van der Waals surface area (Å²) in [6, 6.07) is 16.8. The zero-order valence-corrected chi connectivity index (χ0v) is 11.1. The van der Waals surface area contributed by atoms with Crippen molar-refractivity contribution in [1.82, 2.24) is 14.8 Å². The lowest BCUT2D eigenvalue weighted by atomic mass is 10.2. The molecule has 0 atom stereocenters. The molecule has 2 aromatic carbocycles. The van der Waals surface area contributed by atoms with Gasteiger partial charge in [0.05, 0.1) is 11.3 Å². The highest BCUT2D eigenvalue weighted by molar-refractivity contribution is 5.97. The first kappa shape index (κ1) is 12.9. The van der Waals surface area contributed by atoms with Gasteiger partial charge >= 0.3 is 6.01 Å². The Morgan fingerprint density at radius 2 is 1.76 bits per heavy atom. The van der Waals surface area contributed by atoms with Gasteiger partial charge in [-0.3, -0.25) is 5.41 Å². The summed E-state index contributed by atoms with van der Waals surface area (Å²) in [6.45, 7) is 0. The van der Waals surface area contributed by atoms with Gasteiger partial charge in [-0.05, 0) is 24.3 Å². The van der Waals surface area contributed by atoms with Crippen LogP contribution in [0.1, 0.15) is 5.56 Å². The molecule has 0 saturated heterocycles. The monoisotopic (exact) mass is 279 g/mol. The standard InChI is InChI=1S/C15H13N5O/c16-14(17)12-8-4-5-9-13(12)21-15-18-10-20(19-15)11-6-2-1-3-7-11/h1-10H,(H3,16,17). The largest absolute Gasteiger partial charge is 0.422 e. The second-order valence-electron chi connectivity index (χ2n) is 4.32. The van der Waals surface area contributed by atoms with E-state index in [1.807, 2.05) is 30.3 Å². The molecule has 0 aliphatic carbocycles. The Morgan fingerprint density at radius 1 is 1.05 bits per heavy atom. The number of nitrogen functional groups attached to an aromatic ring is 1. The smallest absolute Gasteiger partial charge is 0.341 e. The zero-order valence-electron chi connectivity index (χ0n) is 11.1. The fourth-order valence-electron chi connectivity index (χ4n) is 1.88. The third kappa shape index (κ3) is 2.74. The summed E-state index contributed by atoms with van der Waals surface area (Å²) < 4.78 is 7.23. The van der Waals surface area contributed by atoms with Crippen LogP contribution in [0.15, 0.2) is 60.9 Å². The second kappa shape index (κ2) is 5.46. The molecule has 1 aromatic heterocycles. The molecule has 0 fully saturated rings. The molecule has 3 N–H and O–H groups in total. The lowest BCUT2D eigenvalue weighted by Gasteiger charge is -2.06. The molecule has 0 radical (unpaired) electrons. The molecule has 3 rings (SSSR count). The van der Waals surface area contributed by atoms with Crippen LogP contribution in [0.3, 0.4) is 0 Å². The van der Waals surface area contributed by atoms with Crippen molar-refractivity contribution in [2.24, 2.45) is 5.73 Å². The minimum atomic E-state index is -0.0620. The van der Waals surface area contributed by atoms with E-state index in [2.05, 4.69) is 10.1 Å². The normalized spacial score (nSPS) is 10.3. The molecule has 6 nitrogen and oxygen atoms in total. The maximum Gasteiger partial charge on any atom is 0.341 e. The number of benzene rings is 2. The first-order valence-corrected chi connectivity index (χ1v) is 6.32. The number of nitrogens with one attached hydrogen (secondary N) is 1. The molecule has 3 aromatic rings. The first-order chi connectivity index (χ1) is 10.2. The number of hydrogen-bond donors (Lipinski definition) is 2. The van der Waals surface area contributed by atoms with Crippen LogP contribution >= 0.6 is 0 Å². The minimum Gasteiger partial charge on any atom is -0.422 e. The van der Waals surface area contributed by atoms with Crippen molar-refractivity contribution in [1.29, 1.82) is 5.41 Å². The Balaban J connectivity index is 1.87. The van der Waals surface area contributed by atoms with Crippen LogP contribution in [0.5, 0.6) is 11.8 Å². The lowest BCUT2D eigenvalue weighted by molar-refractivity contribution is 0.440.